The number of carbonyl (C=O) groups excluding carboxylic acids is 1. The molecule has 1 rings (SSSR count). The molecule has 0 bridgehead atoms. The minimum atomic E-state index is -0.630. The summed E-state index contributed by atoms with van der Waals surface area (Å²) in [5, 5.41) is 21.3. The van der Waals surface area contributed by atoms with Gasteiger partial charge in [0.05, 0.1) is 12.7 Å². The van der Waals surface area contributed by atoms with Crippen molar-refractivity contribution >= 4 is 12.0 Å². The molecule has 5 heteroatoms. The summed E-state index contributed by atoms with van der Waals surface area (Å²) in [7, 11) is 0. The van der Waals surface area contributed by atoms with E-state index in [0.29, 0.717) is 6.61 Å². The van der Waals surface area contributed by atoms with E-state index in [1.54, 1.807) is 24.3 Å². The topological polar surface area (TPSA) is 82.3 Å². The molecule has 5 nitrogen and oxygen atoms in total. The highest BCUT2D eigenvalue weighted by Gasteiger charge is 2.13. The van der Waals surface area contributed by atoms with Crippen molar-refractivity contribution in [3.63, 3.8) is 0 Å². The molecule has 1 aromatic rings. The monoisotopic (exact) mass is 302 g/mol. The van der Waals surface area contributed by atoms with E-state index < -0.39 is 12.0 Å². The number of ether oxygens (including phenoxy) is 1. The minimum absolute atomic E-state index is 0.000107. The molecule has 0 spiro atoms. The Bertz CT molecular complexity index is 556. The second-order valence-corrected chi connectivity index (χ2v) is 5.19. The number of carbonyl (C=O) groups is 1. The largest absolute Gasteiger partial charge is 0.494 e. The summed E-state index contributed by atoms with van der Waals surface area (Å²) >= 11 is 0. The minimum Gasteiger partial charge on any atom is -0.494 e. The van der Waals surface area contributed by atoms with Gasteiger partial charge in [-0.15, -0.1) is 0 Å². The summed E-state index contributed by atoms with van der Waals surface area (Å²) in [6, 6.07) is 9.00. The van der Waals surface area contributed by atoms with Gasteiger partial charge >= 0.3 is 0 Å². The van der Waals surface area contributed by atoms with Gasteiger partial charge < -0.3 is 15.2 Å². The van der Waals surface area contributed by atoms with Gasteiger partial charge in [0.15, 0.2) is 0 Å². The van der Waals surface area contributed by atoms with Crippen LogP contribution in [-0.4, -0.2) is 30.3 Å². The fraction of sp³-hybridized carbons (Fsp3) is 0.412. The van der Waals surface area contributed by atoms with Crippen LogP contribution in [-0.2, 0) is 4.79 Å². The van der Waals surface area contributed by atoms with Crippen molar-refractivity contribution in [3.05, 3.63) is 35.4 Å². The van der Waals surface area contributed by atoms with E-state index >= 15 is 0 Å². The van der Waals surface area contributed by atoms with Gasteiger partial charge in [-0.05, 0) is 36.6 Å². The molecule has 1 atom stereocenters. The second kappa shape index (κ2) is 8.85. The molecule has 0 saturated carbocycles. The van der Waals surface area contributed by atoms with Gasteiger partial charge in [-0.3, -0.25) is 4.79 Å². The van der Waals surface area contributed by atoms with E-state index in [1.807, 2.05) is 26.8 Å². The van der Waals surface area contributed by atoms with Crippen LogP contribution in [0.2, 0.25) is 0 Å². The Morgan fingerprint density at radius 2 is 2.05 bits per heavy atom. The van der Waals surface area contributed by atoms with E-state index in [9.17, 15) is 9.90 Å². The zero-order valence-electron chi connectivity index (χ0n) is 13.2. The molecule has 1 aromatic carbocycles. The molecule has 2 N–H and O–H groups in total. The molecule has 1 unspecified atom stereocenters. The summed E-state index contributed by atoms with van der Waals surface area (Å²) in [4.78, 5) is 11.9. The highest BCUT2D eigenvalue weighted by molar-refractivity contribution is 6.01. The van der Waals surface area contributed by atoms with E-state index in [1.165, 1.54) is 6.08 Å². The second-order valence-electron chi connectivity index (χ2n) is 5.19. The first kappa shape index (κ1) is 17.7. The quantitative estimate of drug-likeness (QED) is 0.597. The molecule has 22 heavy (non-hydrogen) atoms. The van der Waals surface area contributed by atoms with Crippen LogP contribution in [0.1, 0.15) is 26.3 Å². The number of aliphatic hydroxyl groups excluding tert-OH is 1. The third-order valence-corrected chi connectivity index (χ3v) is 3.11. The standard InChI is InChI=1S/C17H22N2O3/c1-4-22-15-7-5-13(6-8-15)9-14(10-18)17(21)19-11-16(20)12(2)3/h5-9,12,16,20H,4,11H2,1-3H3,(H,19,21)/b14-9-. The molecule has 0 aliphatic heterocycles. The molecule has 1 amide bonds. The van der Waals surface area contributed by atoms with Crippen LogP contribution in [0.3, 0.4) is 0 Å². The van der Waals surface area contributed by atoms with Crippen molar-refractivity contribution in [3.8, 4) is 11.8 Å². The summed E-state index contributed by atoms with van der Waals surface area (Å²) in [6.45, 7) is 6.32. The van der Waals surface area contributed by atoms with E-state index in [-0.39, 0.29) is 18.0 Å². The lowest BCUT2D eigenvalue weighted by molar-refractivity contribution is -0.117. The Balaban J connectivity index is 2.73. The molecule has 0 radical (unpaired) electrons. The summed E-state index contributed by atoms with van der Waals surface area (Å²) in [5.74, 6) is 0.291. The van der Waals surface area contributed by atoms with Crippen LogP contribution in [0.4, 0.5) is 0 Å². The number of nitriles is 1. The van der Waals surface area contributed by atoms with Gasteiger partial charge in [-0.1, -0.05) is 26.0 Å². The van der Waals surface area contributed by atoms with Crippen molar-refractivity contribution in [2.24, 2.45) is 5.92 Å². The molecule has 0 fully saturated rings. The van der Waals surface area contributed by atoms with Crippen molar-refractivity contribution in [2.75, 3.05) is 13.2 Å². The number of benzene rings is 1. The molecular weight excluding hydrogens is 280 g/mol. The van der Waals surface area contributed by atoms with Gasteiger partial charge in [-0.2, -0.15) is 5.26 Å². The zero-order valence-corrected chi connectivity index (χ0v) is 13.2. The lowest BCUT2D eigenvalue weighted by Gasteiger charge is -2.14. The van der Waals surface area contributed by atoms with Gasteiger partial charge in [-0.25, -0.2) is 0 Å². The predicted octanol–water partition coefficient (Wildman–Crippen LogP) is 2.13. The number of aliphatic hydroxyl groups is 1. The van der Waals surface area contributed by atoms with Gasteiger partial charge in [0.1, 0.15) is 17.4 Å². The maximum atomic E-state index is 11.9. The molecule has 0 heterocycles. The van der Waals surface area contributed by atoms with Crippen LogP contribution >= 0.6 is 0 Å². The van der Waals surface area contributed by atoms with Crippen LogP contribution in [0.25, 0.3) is 6.08 Å². The maximum Gasteiger partial charge on any atom is 0.262 e. The first-order valence-corrected chi connectivity index (χ1v) is 7.28. The van der Waals surface area contributed by atoms with Crippen molar-refractivity contribution in [1.82, 2.24) is 5.32 Å². The Kier molecular flexibility index (Phi) is 7.14. The lowest BCUT2D eigenvalue weighted by atomic mass is 10.1. The SMILES string of the molecule is CCOc1ccc(/C=C(/C#N)C(=O)NCC(O)C(C)C)cc1. The van der Waals surface area contributed by atoms with E-state index in [4.69, 9.17) is 10.00 Å². The average molecular weight is 302 g/mol. The van der Waals surface area contributed by atoms with Crippen molar-refractivity contribution in [2.45, 2.75) is 26.9 Å². The molecular formula is C17H22N2O3. The van der Waals surface area contributed by atoms with Crippen molar-refractivity contribution < 1.29 is 14.6 Å². The third-order valence-electron chi connectivity index (χ3n) is 3.11. The normalized spacial score (nSPS) is 12.6. The van der Waals surface area contributed by atoms with Gasteiger partial charge in [0, 0.05) is 6.54 Å². The number of nitrogens with one attached hydrogen (secondary N) is 1. The molecule has 118 valence electrons. The zero-order chi connectivity index (χ0) is 16.5. The van der Waals surface area contributed by atoms with E-state index in [0.717, 1.165) is 11.3 Å². The molecule has 0 aliphatic rings. The van der Waals surface area contributed by atoms with Gasteiger partial charge in [0.2, 0.25) is 0 Å². The fourth-order valence-electron chi connectivity index (χ4n) is 1.67. The molecule has 0 aromatic heterocycles. The lowest BCUT2D eigenvalue weighted by Crippen LogP contribution is -2.35. The Morgan fingerprint density at radius 1 is 1.41 bits per heavy atom. The highest BCUT2D eigenvalue weighted by Crippen LogP contribution is 2.14. The summed E-state index contributed by atoms with van der Waals surface area (Å²) in [5.41, 5.74) is 0.736. The summed E-state index contributed by atoms with van der Waals surface area (Å²) < 4.78 is 5.33. The number of hydrogen-bond donors (Lipinski definition) is 2. The smallest absolute Gasteiger partial charge is 0.262 e. The number of nitrogens with zero attached hydrogens (tertiary/aromatic N) is 1. The predicted molar refractivity (Wildman–Crippen MR) is 85.1 cm³/mol. The number of hydrogen-bond acceptors (Lipinski definition) is 4. The first-order valence-electron chi connectivity index (χ1n) is 7.28. The van der Waals surface area contributed by atoms with Crippen LogP contribution in [0.5, 0.6) is 5.75 Å². The maximum absolute atomic E-state index is 11.9. The third kappa shape index (κ3) is 5.58. The molecule has 0 aliphatic carbocycles. The van der Waals surface area contributed by atoms with Crippen molar-refractivity contribution in [1.29, 1.82) is 5.26 Å². The highest BCUT2D eigenvalue weighted by atomic mass is 16.5. The molecule has 0 saturated heterocycles. The number of rotatable bonds is 7. The van der Waals surface area contributed by atoms with Crippen LogP contribution in [0, 0.1) is 17.2 Å². The fourth-order valence-corrected chi connectivity index (χ4v) is 1.67. The van der Waals surface area contributed by atoms with Crippen LogP contribution in [0.15, 0.2) is 29.8 Å². The Morgan fingerprint density at radius 3 is 2.55 bits per heavy atom. The first-order chi connectivity index (χ1) is 10.5. The Hall–Kier alpha value is -2.32. The Labute approximate surface area is 131 Å². The number of amides is 1. The van der Waals surface area contributed by atoms with Gasteiger partial charge in [0.25, 0.3) is 5.91 Å². The average Bonchev–Trinajstić information content (AvgIpc) is 2.51. The van der Waals surface area contributed by atoms with Crippen LogP contribution < -0.4 is 10.1 Å². The summed E-state index contributed by atoms with van der Waals surface area (Å²) in [6.07, 6.45) is 0.877. The van der Waals surface area contributed by atoms with E-state index in [2.05, 4.69) is 5.32 Å².